The van der Waals surface area contributed by atoms with Crippen LogP contribution in [0.1, 0.15) is 20.7 Å². The van der Waals surface area contributed by atoms with Gasteiger partial charge in [0, 0.05) is 21.9 Å². The predicted octanol–water partition coefficient (Wildman–Crippen LogP) is 5.55. The molecule has 0 aromatic heterocycles. The molecular weight excluding hydrogens is 422 g/mol. The van der Waals surface area contributed by atoms with E-state index in [1.807, 2.05) is 18.2 Å². The van der Waals surface area contributed by atoms with Gasteiger partial charge in [-0.2, -0.15) is 0 Å². The fraction of sp³-hybridized carbons (Fsp3) is 0.130. The van der Waals surface area contributed by atoms with Crippen LogP contribution in [0, 0.1) is 0 Å². The first kappa shape index (κ1) is 21.7. The van der Waals surface area contributed by atoms with Gasteiger partial charge in [-0.25, -0.2) is 4.79 Å². The van der Waals surface area contributed by atoms with Gasteiger partial charge in [0.15, 0.2) is 0 Å². The molecule has 0 aliphatic carbocycles. The average Bonchev–Trinajstić information content (AvgIpc) is 2.78. The summed E-state index contributed by atoms with van der Waals surface area (Å²) in [6, 6.07) is 21.6. The molecule has 5 nitrogen and oxygen atoms in total. The smallest absolute Gasteiger partial charge is 0.339 e. The minimum Gasteiger partial charge on any atom is -0.493 e. The standard InChI is InChI=1S/C23H20ClNO4S/c1-28-23(27)20-15-17(9-12-21(20)24)25-22(26)16-7-10-18(11-8-16)29-13-14-30-19-5-3-2-4-6-19/h2-12,15H,13-14H2,1H3,(H,25,26). The Bertz CT molecular complexity index is 1010. The number of carbonyl (C=O) groups excluding carboxylic acids is 2. The molecule has 3 rings (SSSR count). The third kappa shape index (κ3) is 6.02. The molecule has 30 heavy (non-hydrogen) atoms. The van der Waals surface area contributed by atoms with E-state index in [9.17, 15) is 9.59 Å². The zero-order chi connectivity index (χ0) is 21.3. The molecule has 0 atom stereocenters. The lowest BCUT2D eigenvalue weighted by Gasteiger charge is -2.09. The van der Waals surface area contributed by atoms with Crippen LogP contribution in [0.4, 0.5) is 5.69 Å². The van der Waals surface area contributed by atoms with Gasteiger partial charge < -0.3 is 14.8 Å². The van der Waals surface area contributed by atoms with Gasteiger partial charge in [0.1, 0.15) is 5.75 Å². The first-order chi connectivity index (χ1) is 14.6. The lowest BCUT2D eigenvalue weighted by Crippen LogP contribution is -2.13. The molecule has 3 aromatic rings. The van der Waals surface area contributed by atoms with E-state index < -0.39 is 5.97 Å². The number of halogens is 1. The average molecular weight is 442 g/mol. The molecule has 0 saturated carbocycles. The first-order valence-corrected chi connectivity index (χ1v) is 10.5. The van der Waals surface area contributed by atoms with Gasteiger partial charge in [0.25, 0.3) is 5.91 Å². The molecular formula is C23H20ClNO4S. The maximum atomic E-state index is 12.5. The molecule has 7 heteroatoms. The number of rotatable bonds is 8. The first-order valence-electron chi connectivity index (χ1n) is 9.17. The van der Waals surface area contributed by atoms with Crippen LogP contribution in [-0.2, 0) is 4.74 Å². The maximum Gasteiger partial charge on any atom is 0.339 e. The predicted molar refractivity (Wildman–Crippen MR) is 120 cm³/mol. The Hall–Kier alpha value is -2.96. The van der Waals surface area contributed by atoms with Crippen LogP contribution in [0.5, 0.6) is 5.75 Å². The van der Waals surface area contributed by atoms with Crippen molar-refractivity contribution in [2.45, 2.75) is 4.90 Å². The van der Waals surface area contributed by atoms with E-state index in [0.717, 1.165) is 5.75 Å². The topological polar surface area (TPSA) is 64.6 Å². The van der Waals surface area contributed by atoms with Gasteiger partial charge in [0.05, 0.1) is 24.3 Å². The van der Waals surface area contributed by atoms with Crippen molar-refractivity contribution >= 4 is 40.9 Å². The second kappa shape index (κ2) is 10.7. The number of amides is 1. The van der Waals surface area contributed by atoms with Crippen LogP contribution in [0.15, 0.2) is 77.7 Å². The Balaban J connectivity index is 1.53. The minimum atomic E-state index is -0.567. The summed E-state index contributed by atoms with van der Waals surface area (Å²) >= 11 is 7.72. The molecule has 0 radical (unpaired) electrons. The van der Waals surface area contributed by atoms with Crippen LogP contribution >= 0.6 is 23.4 Å². The molecule has 154 valence electrons. The zero-order valence-corrected chi connectivity index (χ0v) is 17.8. The van der Waals surface area contributed by atoms with Gasteiger partial charge in [0.2, 0.25) is 0 Å². The van der Waals surface area contributed by atoms with Crippen LogP contribution in [0.2, 0.25) is 5.02 Å². The summed E-state index contributed by atoms with van der Waals surface area (Å²) in [5.41, 5.74) is 1.10. The highest BCUT2D eigenvalue weighted by atomic mass is 35.5. The molecule has 1 N–H and O–H groups in total. The van der Waals surface area contributed by atoms with Gasteiger partial charge in [-0.1, -0.05) is 29.8 Å². The number of esters is 1. The summed E-state index contributed by atoms with van der Waals surface area (Å²) in [5, 5.41) is 3.00. The molecule has 0 aliphatic heterocycles. The molecule has 0 fully saturated rings. The van der Waals surface area contributed by atoms with Gasteiger partial charge in [-0.05, 0) is 54.6 Å². The summed E-state index contributed by atoms with van der Waals surface area (Å²) in [6.07, 6.45) is 0. The molecule has 1 amide bonds. The van der Waals surface area contributed by atoms with E-state index in [1.54, 1.807) is 42.1 Å². The highest BCUT2D eigenvalue weighted by Crippen LogP contribution is 2.22. The van der Waals surface area contributed by atoms with Crippen molar-refractivity contribution in [3.63, 3.8) is 0 Å². The summed E-state index contributed by atoms with van der Waals surface area (Å²) in [5.74, 6) is 0.646. The Morgan fingerprint density at radius 2 is 1.73 bits per heavy atom. The lowest BCUT2D eigenvalue weighted by molar-refractivity contribution is 0.0600. The number of methoxy groups -OCH3 is 1. The number of nitrogens with one attached hydrogen (secondary N) is 1. The number of hydrogen-bond donors (Lipinski definition) is 1. The number of benzene rings is 3. The molecule has 0 heterocycles. The summed E-state index contributed by atoms with van der Waals surface area (Å²) in [6.45, 7) is 0.562. The SMILES string of the molecule is COC(=O)c1cc(NC(=O)c2ccc(OCCSc3ccccc3)cc2)ccc1Cl. The van der Waals surface area contributed by atoms with Gasteiger partial charge in [-0.3, -0.25) is 4.79 Å². The number of hydrogen-bond acceptors (Lipinski definition) is 5. The summed E-state index contributed by atoms with van der Waals surface area (Å²) < 4.78 is 10.4. The molecule has 0 spiro atoms. The summed E-state index contributed by atoms with van der Waals surface area (Å²) in [7, 11) is 1.27. The van der Waals surface area contributed by atoms with Crippen molar-refractivity contribution in [1.29, 1.82) is 0 Å². The number of anilines is 1. The third-order valence-corrected chi connectivity index (χ3v) is 5.42. The van der Waals surface area contributed by atoms with Crippen molar-refractivity contribution in [3.05, 3.63) is 88.9 Å². The number of thioether (sulfide) groups is 1. The number of carbonyl (C=O) groups is 2. The van der Waals surface area contributed by atoms with Crippen molar-refractivity contribution in [3.8, 4) is 5.75 Å². The van der Waals surface area contributed by atoms with Crippen LogP contribution < -0.4 is 10.1 Å². The van der Waals surface area contributed by atoms with Crippen molar-refractivity contribution < 1.29 is 19.1 Å². The second-order valence-electron chi connectivity index (χ2n) is 6.17. The fourth-order valence-corrected chi connectivity index (χ4v) is 3.56. The number of ether oxygens (including phenoxy) is 2. The van der Waals surface area contributed by atoms with E-state index in [1.165, 1.54) is 24.1 Å². The highest BCUT2D eigenvalue weighted by molar-refractivity contribution is 7.99. The van der Waals surface area contributed by atoms with Crippen LogP contribution in [0.25, 0.3) is 0 Å². The highest BCUT2D eigenvalue weighted by Gasteiger charge is 2.13. The lowest BCUT2D eigenvalue weighted by atomic mass is 10.1. The summed E-state index contributed by atoms with van der Waals surface area (Å²) in [4.78, 5) is 25.4. The van der Waals surface area contributed by atoms with Crippen LogP contribution in [0.3, 0.4) is 0 Å². The molecule has 0 aliphatic rings. The van der Waals surface area contributed by atoms with Crippen LogP contribution in [-0.4, -0.2) is 31.3 Å². The van der Waals surface area contributed by atoms with Gasteiger partial charge >= 0.3 is 5.97 Å². The molecule has 0 unspecified atom stereocenters. The minimum absolute atomic E-state index is 0.189. The van der Waals surface area contributed by atoms with Gasteiger partial charge in [-0.15, -0.1) is 11.8 Å². The molecule has 0 bridgehead atoms. The second-order valence-corrected chi connectivity index (χ2v) is 7.75. The Labute approximate surface area is 184 Å². The Kier molecular flexibility index (Phi) is 7.76. The maximum absolute atomic E-state index is 12.5. The van der Waals surface area contributed by atoms with E-state index >= 15 is 0 Å². The normalized spacial score (nSPS) is 10.3. The Morgan fingerprint density at radius 3 is 2.43 bits per heavy atom. The fourth-order valence-electron chi connectivity index (χ4n) is 2.61. The van der Waals surface area contributed by atoms with Crippen molar-refractivity contribution in [1.82, 2.24) is 0 Å². The molecule has 0 saturated heterocycles. The third-order valence-electron chi connectivity index (χ3n) is 4.11. The monoisotopic (exact) mass is 441 g/mol. The van der Waals surface area contributed by atoms with Crippen molar-refractivity contribution in [2.24, 2.45) is 0 Å². The van der Waals surface area contributed by atoms with E-state index in [-0.39, 0.29) is 16.5 Å². The zero-order valence-electron chi connectivity index (χ0n) is 16.3. The quantitative estimate of drug-likeness (QED) is 0.282. The largest absolute Gasteiger partial charge is 0.493 e. The Morgan fingerprint density at radius 1 is 1.00 bits per heavy atom. The molecule has 3 aromatic carbocycles. The van der Waals surface area contributed by atoms with E-state index in [2.05, 4.69) is 22.2 Å². The van der Waals surface area contributed by atoms with Crippen molar-refractivity contribution in [2.75, 3.05) is 24.8 Å². The van der Waals surface area contributed by atoms with E-state index in [0.29, 0.717) is 23.6 Å². The van der Waals surface area contributed by atoms with E-state index in [4.69, 9.17) is 16.3 Å².